The van der Waals surface area contributed by atoms with Gasteiger partial charge in [-0.15, -0.1) is 0 Å². The summed E-state index contributed by atoms with van der Waals surface area (Å²) in [5.41, 5.74) is 5.31. The highest BCUT2D eigenvalue weighted by atomic mass is 32.2. The molecule has 1 amide bonds. The van der Waals surface area contributed by atoms with Crippen LogP contribution in [0.5, 0.6) is 5.75 Å². The van der Waals surface area contributed by atoms with Gasteiger partial charge in [0.15, 0.2) is 0 Å². The summed E-state index contributed by atoms with van der Waals surface area (Å²) >= 11 is 0. The van der Waals surface area contributed by atoms with Gasteiger partial charge in [0.2, 0.25) is 10.0 Å². The minimum Gasteiger partial charge on any atom is -0.491 e. The molecule has 6 rings (SSSR count). The first-order valence-corrected chi connectivity index (χ1v) is 14.0. The maximum atomic E-state index is 13.4. The first-order valence-electron chi connectivity index (χ1n) is 12.6. The van der Waals surface area contributed by atoms with Gasteiger partial charge in [0.05, 0.1) is 35.7 Å². The van der Waals surface area contributed by atoms with E-state index in [9.17, 15) is 13.2 Å². The Balaban J connectivity index is 1.22. The maximum Gasteiger partial charge on any atom is 0.254 e. The number of amides is 1. The number of aromatic nitrogens is 2. The molecule has 9 nitrogen and oxygen atoms in total. The van der Waals surface area contributed by atoms with Crippen molar-refractivity contribution in [3.05, 3.63) is 77.6 Å². The van der Waals surface area contributed by atoms with Crippen molar-refractivity contribution in [2.45, 2.75) is 18.4 Å². The van der Waals surface area contributed by atoms with Gasteiger partial charge in [-0.05, 0) is 66.6 Å². The number of nitrogens with zero attached hydrogens (tertiary/aromatic N) is 3. The number of fused-ring (bicyclic) bond motifs is 2. The van der Waals surface area contributed by atoms with Gasteiger partial charge >= 0.3 is 0 Å². The molecule has 2 aliphatic heterocycles. The van der Waals surface area contributed by atoms with Crippen LogP contribution < -0.4 is 4.74 Å². The van der Waals surface area contributed by atoms with E-state index in [-0.39, 0.29) is 10.8 Å². The molecule has 0 atom stereocenters. The summed E-state index contributed by atoms with van der Waals surface area (Å²) in [6.45, 7) is 4.54. The van der Waals surface area contributed by atoms with Crippen molar-refractivity contribution in [3.8, 4) is 16.9 Å². The smallest absolute Gasteiger partial charge is 0.254 e. The number of carbonyl (C=O) groups is 1. The Bertz CT molecular complexity index is 1610. The number of rotatable bonds is 4. The SMILES string of the molecule is Cc1nc2ccc(-c3ccc4c(c3)CN(C(=O)c3ccc(S(=O)(=O)N5CCOCC5)cc3)CCO4)cc2[nH]1. The van der Waals surface area contributed by atoms with Crippen molar-refractivity contribution < 1.29 is 22.7 Å². The van der Waals surface area contributed by atoms with Gasteiger partial charge in [-0.2, -0.15) is 4.31 Å². The van der Waals surface area contributed by atoms with Crippen LogP contribution in [0.15, 0.2) is 65.6 Å². The van der Waals surface area contributed by atoms with E-state index < -0.39 is 10.0 Å². The quantitative estimate of drug-likeness (QED) is 0.431. The highest BCUT2D eigenvalue weighted by Gasteiger charge is 2.27. The molecule has 0 radical (unpaired) electrons. The second-order valence-electron chi connectivity index (χ2n) is 9.49. The molecule has 196 valence electrons. The third-order valence-electron chi connectivity index (χ3n) is 6.97. The highest BCUT2D eigenvalue weighted by Crippen LogP contribution is 2.31. The summed E-state index contributed by atoms with van der Waals surface area (Å²) in [5, 5.41) is 0. The average Bonchev–Trinajstić information content (AvgIpc) is 3.18. The van der Waals surface area contributed by atoms with E-state index >= 15 is 0 Å². The molecular weight excluding hydrogens is 504 g/mol. The fraction of sp³-hybridized carbons (Fsp3) is 0.286. The molecule has 0 saturated carbocycles. The van der Waals surface area contributed by atoms with Crippen molar-refractivity contribution in [1.29, 1.82) is 0 Å². The molecule has 0 spiro atoms. The van der Waals surface area contributed by atoms with Crippen molar-refractivity contribution >= 4 is 27.0 Å². The molecule has 3 heterocycles. The Kier molecular flexibility index (Phi) is 6.38. The monoisotopic (exact) mass is 532 g/mol. The van der Waals surface area contributed by atoms with E-state index in [0.717, 1.165) is 39.3 Å². The number of nitrogens with one attached hydrogen (secondary N) is 1. The predicted octanol–water partition coefficient (Wildman–Crippen LogP) is 3.59. The number of benzene rings is 3. The van der Waals surface area contributed by atoms with Gasteiger partial charge in [0, 0.05) is 30.8 Å². The zero-order chi connectivity index (χ0) is 26.3. The number of carbonyl (C=O) groups excluding carboxylic acids is 1. The van der Waals surface area contributed by atoms with Crippen molar-refractivity contribution in [2.75, 3.05) is 39.5 Å². The van der Waals surface area contributed by atoms with Crippen LogP contribution >= 0.6 is 0 Å². The standard InChI is InChI=1S/C28H28N4O5S/c1-19-29-25-8-4-22(17-26(25)30-19)21-5-9-27-23(16-21)18-31(10-15-37-27)28(33)20-2-6-24(7-3-20)38(34,35)32-11-13-36-14-12-32/h2-9,16-17H,10-15,18H2,1H3,(H,29,30). The van der Waals surface area contributed by atoms with Gasteiger partial charge in [-0.3, -0.25) is 4.79 Å². The van der Waals surface area contributed by atoms with Crippen LogP contribution in [0.1, 0.15) is 21.7 Å². The Labute approximate surface area is 221 Å². The molecule has 3 aromatic carbocycles. The number of morpholine rings is 1. The first kappa shape index (κ1) is 24.6. The summed E-state index contributed by atoms with van der Waals surface area (Å²) in [7, 11) is -3.62. The molecule has 4 aromatic rings. The lowest BCUT2D eigenvalue weighted by molar-refractivity contribution is 0.0730. The second kappa shape index (κ2) is 9.86. The summed E-state index contributed by atoms with van der Waals surface area (Å²) < 4.78 is 38.5. The van der Waals surface area contributed by atoms with E-state index in [2.05, 4.69) is 22.1 Å². The Morgan fingerprint density at radius 1 is 0.921 bits per heavy atom. The molecule has 0 bridgehead atoms. The zero-order valence-corrected chi connectivity index (χ0v) is 21.8. The lowest BCUT2D eigenvalue weighted by atomic mass is 10.0. The number of hydrogen-bond acceptors (Lipinski definition) is 6. The topological polar surface area (TPSA) is 105 Å². The van der Waals surface area contributed by atoms with E-state index in [4.69, 9.17) is 9.47 Å². The van der Waals surface area contributed by atoms with E-state index in [1.807, 2.05) is 31.2 Å². The number of aryl methyl sites for hydroxylation is 1. The third-order valence-corrected chi connectivity index (χ3v) is 8.88. The molecule has 1 N–H and O–H groups in total. The molecule has 1 saturated heterocycles. The number of sulfonamides is 1. The molecular formula is C28H28N4O5S. The number of aromatic amines is 1. The van der Waals surface area contributed by atoms with Crippen LogP contribution in [-0.2, 0) is 21.3 Å². The van der Waals surface area contributed by atoms with Crippen LogP contribution in [0, 0.1) is 6.92 Å². The summed E-state index contributed by atoms with van der Waals surface area (Å²) in [5.74, 6) is 1.46. The van der Waals surface area contributed by atoms with Gasteiger partial charge in [0.25, 0.3) is 5.91 Å². The number of ether oxygens (including phenoxy) is 2. The number of hydrogen-bond donors (Lipinski definition) is 1. The average molecular weight is 533 g/mol. The minimum absolute atomic E-state index is 0.170. The summed E-state index contributed by atoms with van der Waals surface area (Å²) in [4.78, 5) is 23.1. The number of H-pyrrole nitrogens is 1. The van der Waals surface area contributed by atoms with Crippen LogP contribution in [-0.4, -0.2) is 73.0 Å². The summed E-state index contributed by atoms with van der Waals surface area (Å²) in [6, 6.07) is 18.3. The predicted molar refractivity (Wildman–Crippen MR) is 143 cm³/mol. The molecule has 0 unspecified atom stereocenters. The Morgan fingerprint density at radius 2 is 1.66 bits per heavy atom. The van der Waals surface area contributed by atoms with Gasteiger partial charge in [-0.1, -0.05) is 12.1 Å². The fourth-order valence-electron chi connectivity index (χ4n) is 4.95. The number of imidazole rings is 1. The largest absolute Gasteiger partial charge is 0.491 e. The van der Waals surface area contributed by atoms with E-state index in [1.54, 1.807) is 17.0 Å². The van der Waals surface area contributed by atoms with E-state index in [0.29, 0.717) is 51.6 Å². The van der Waals surface area contributed by atoms with Crippen LogP contribution in [0.25, 0.3) is 22.2 Å². The molecule has 1 fully saturated rings. The fourth-order valence-corrected chi connectivity index (χ4v) is 6.36. The van der Waals surface area contributed by atoms with Crippen LogP contribution in [0.4, 0.5) is 0 Å². The highest BCUT2D eigenvalue weighted by molar-refractivity contribution is 7.89. The second-order valence-corrected chi connectivity index (χ2v) is 11.4. The minimum atomic E-state index is -3.62. The van der Waals surface area contributed by atoms with Gasteiger partial charge in [0.1, 0.15) is 18.2 Å². The molecule has 10 heteroatoms. The van der Waals surface area contributed by atoms with Crippen molar-refractivity contribution in [3.63, 3.8) is 0 Å². The van der Waals surface area contributed by atoms with Crippen LogP contribution in [0.3, 0.4) is 0 Å². The third kappa shape index (κ3) is 4.66. The van der Waals surface area contributed by atoms with Crippen molar-refractivity contribution in [1.82, 2.24) is 19.2 Å². The molecule has 0 aliphatic carbocycles. The zero-order valence-electron chi connectivity index (χ0n) is 21.0. The lowest BCUT2D eigenvalue weighted by Gasteiger charge is -2.26. The first-order chi connectivity index (χ1) is 18.4. The molecule has 1 aromatic heterocycles. The maximum absolute atomic E-state index is 13.4. The Hall–Kier alpha value is -3.73. The van der Waals surface area contributed by atoms with E-state index in [1.165, 1.54) is 16.4 Å². The molecule has 2 aliphatic rings. The van der Waals surface area contributed by atoms with Crippen molar-refractivity contribution in [2.24, 2.45) is 0 Å². The summed E-state index contributed by atoms with van der Waals surface area (Å²) in [6.07, 6.45) is 0. The molecule has 38 heavy (non-hydrogen) atoms. The van der Waals surface area contributed by atoms with Crippen LogP contribution in [0.2, 0.25) is 0 Å². The lowest BCUT2D eigenvalue weighted by Crippen LogP contribution is -2.40. The van der Waals surface area contributed by atoms with Gasteiger partial charge in [-0.25, -0.2) is 13.4 Å². The Morgan fingerprint density at radius 3 is 2.45 bits per heavy atom. The van der Waals surface area contributed by atoms with Gasteiger partial charge < -0.3 is 19.4 Å². The normalized spacial score (nSPS) is 16.6.